The molecule has 0 spiro atoms. The summed E-state index contributed by atoms with van der Waals surface area (Å²) in [5.74, 6) is 0. The average Bonchev–Trinajstić information content (AvgIpc) is 3.51. The maximum Gasteiger partial charge on any atom is 0.0645 e. The lowest BCUT2D eigenvalue weighted by Gasteiger charge is -2.11. The van der Waals surface area contributed by atoms with E-state index in [0.717, 1.165) is 32.0 Å². The van der Waals surface area contributed by atoms with Crippen LogP contribution in [0.3, 0.4) is 0 Å². The molecule has 0 fully saturated rings. The highest BCUT2D eigenvalue weighted by molar-refractivity contribution is 9.10. The second-order valence-corrected chi connectivity index (χ2v) is 8.64. The Balaban J connectivity index is 1.68. The first-order valence-corrected chi connectivity index (χ1v) is 11.2. The molecule has 7 aromatic rings. The van der Waals surface area contributed by atoms with E-state index in [9.17, 15) is 0 Å². The molecule has 0 saturated carbocycles. The van der Waals surface area contributed by atoms with Crippen LogP contribution in [0.2, 0.25) is 0 Å². The lowest BCUT2D eigenvalue weighted by Crippen LogP contribution is -1.96. The van der Waals surface area contributed by atoms with Crippen LogP contribution >= 0.6 is 15.9 Å². The number of halogens is 1. The molecule has 0 saturated heterocycles. The summed E-state index contributed by atoms with van der Waals surface area (Å²) in [6.07, 6.45) is 0. The van der Waals surface area contributed by atoms with E-state index < -0.39 is 24.2 Å². The molecule has 2 aromatic heterocycles. The molecular formula is C30H19BrN2. The fraction of sp³-hybridized carbons (Fsp3) is 0. The van der Waals surface area contributed by atoms with Crippen molar-refractivity contribution >= 4 is 59.5 Å². The highest BCUT2D eigenvalue weighted by Gasteiger charge is 2.16. The molecule has 0 aliphatic heterocycles. The Kier molecular flexibility index (Phi) is 2.67. The van der Waals surface area contributed by atoms with Gasteiger partial charge in [0.15, 0.2) is 0 Å². The minimum absolute atomic E-state index is 0.0636. The fourth-order valence-electron chi connectivity index (χ4n) is 4.67. The van der Waals surface area contributed by atoms with Crippen LogP contribution in [0.5, 0.6) is 0 Å². The van der Waals surface area contributed by atoms with E-state index in [-0.39, 0.29) is 46.0 Å². The number of para-hydroxylation sites is 4. The van der Waals surface area contributed by atoms with Gasteiger partial charge in [-0.3, -0.25) is 0 Å². The summed E-state index contributed by atoms with van der Waals surface area (Å²) in [4.78, 5) is 0. The van der Waals surface area contributed by atoms with Crippen molar-refractivity contribution in [1.29, 1.82) is 0 Å². The van der Waals surface area contributed by atoms with Crippen molar-refractivity contribution < 1.29 is 11.0 Å². The number of benzene rings is 5. The van der Waals surface area contributed by atoms with Crippen LogP contribution < -0.4 is 0 Å². The molecule has 0 radical (unpaired) electrons. The number of hydrogen-bond acceptors (Lipinski definition) is 0. The zero-order chi connectivity index (χ0) is 28.9. The van der Waals surface area contributed by atoms with Crippen molar-refractivity contribution in [3.8, 4) is 11.4 Å². The first-order chi connectivity index (χ1) is 19.6. The summed E-state index contributed by atoms with van der Waals surface area (Å²) in [6, 6.07) is 18.4. The van der Waals surface area contributed by atoms with Gasteiger partial charge in [-0.1, -0.05) is 66.6 Å². The first-order valence-electron chi connectivity index (χ1n) is 14.4. The number of fused-ring (bicyclic) bond motifs is 6. The number of aromatic nitrogens is 2. The maximum absolute atomic E-state index is 8.79. The van der Waals surface area contributed by atoms with Gasteiger partial charge in [0.05, 0.1) is 38.7 Å². The Morgan fingerprint density at radius 2 is 1.18 bits per heavy atom. The standard InChI is InChI=1S/C30H19BrN2/c31-25-12-4-8-16-30(25)33-28-15-7-3-11-23(28)24-19-20(17-18-29(24)33)32-26-13-5-1-9-21(26)22-10-2-6-14-27(22)32/h1-19H/i1D,2D,5D,6D,9D,10D,13D,14D. The van der Waals surface area contributed by atoms with Crippen LogP contribution in [-0.2, 0) is 0 Å². The minimum Gasteiger partial charge on any atom is -0.309 e. The van der Waals surface area contributed by atoms with Gasteiger partial charge in [-0.2, -0.15) is 0 Å². The van der Waals surface area contributed by atoms with Crippen LogP contribution in [0.25, 0.3) is 55.0 Å². The van der Waals surface area contributed by atoms with Gasteiger partial charge < -0.3 is 9.13 Å². The lowest BCUT2D eigenvalue weighted by atomic mass is 10.1. The quantitative estimate of drug-likeness (QED) is 0.227. The number of rotatable bonds is 2. The molecule has 0 bridgehead atoms. The van der Waals surface area contributed by atoms with E-state index in [2.05, 4.69) is 20.5 Å². The maximum atomic E-state index is 8.79. The van der Waals surface area contributed by atoms with Gasteiger partial charge in [-0.25, -0.2) is 0 Å². The summed E-state index contributed by atoms with van der Waals surface area (Å²) >= 11 is 3.68. The summed E-state index contributed by atoms with van der Waals surface area (Å²) in [5.41, 5.74) is 3.55. The van der Waals surface area contributed by atoms with Crippen molar-refractivity contribution in [2.75, 3.05) is 0 Å². The molecule has 0 unspecified atom stereocenters. The third kappa shape index (κ3) is 2.66. The normalized spacial score (nSPS) is 15.2. The highest BCUT2D eigenvalue weighted by atomic mass is 79.9. The molecular weight excluding hydrogens is 468 g/mol. The second-order valence-electron chi connectivity index (χ2n) is 7.79. The number of hydrogen-bond donors (Lipinski definition) is 0. The monoisotopic (exact) mass is 494 g/mol. The van der Waals surface area contributed by atoms with Crippen LogP contribution in [-0.4, -0.2) is 9.13 Å². The van der Waals surface area contributed by atoms with Crippen molar-refractivity contribution in [2.24, 2.45) is 0 Å². The minimum atomic E-state index is -0.457. The zero-order valence-electron chi connectivity index (χ0n) is 25.1. The van der Waals surface area contributed by atoms with E-state index in [1.165, 1.54) is 0 Å². The van der Waals surface area contributed by atoms with Gasteiger partial charge in [0.2, 0.25) is 0 Å². The van der Waals surface area contributed by atoms with Gasteiger partial charge in [-0.15, -0.1) is 0 Å². The molecule has 33 heavy (non-hydrogen) atoms. The van der Waals surface area contributed by atoms with Crippen LogP contribution in [0.4, 0.5) is 0 Å². The van der Waals surface area contributed by atoms with Crippen LogP contribution in [0.15, 0.2) is 120 Å². The van der Waals surface area contributed by atoms with Gasteiger partial charge in [0.25, 0.3) is 0 Å². The third-order valence-corrected chi connectivity index (χ3v) is 6.71. The average molecular weight is 495 g/mol. The number of nitrogens with zero attached hydrogens (tertiary/aromatic N) is 2. The predicted octanol–water partition coefficient (Wildman–Crippen LogP) is 8.64. The molecule has 5 aromatic carbocycles. The highest BCUT2D eigenvalue weighted by Crippen LogP contribution is 2.37. The van der Waals surface area contributed by atoms with E-state index in [1.54, 1.807) is 4.57 Å². The Morgan fingerprint density at radius 1 is 0.545 bits per heavy atom. The second kappa shape index (κ2) is 7.09. The lowest BCUT2D eigenvalue weighted by molar-refractivity contribution is 1.16. The van der Waals surface area contributed by atoms with Gasteiger partial charge >= 0.3 is 0 Å². The smallest absolute Gasteiger partial charge is 0.0645 e. The molecule has 0 atom stereocenters. The summed E-state index contributed by atoms with van der Waals surface area (Å²) in [6.45, 7) is 0. The molecule has 0 aliphatic rings. The Hall–Kier alpha value is -3.82. The van der Waals surface area contributed by atoms with Crippen LogP contribution in [0.1, 0.15) is 11.0 Å². The fourth-order valence-corrected chi connectivity index (χ4v) is 5.13. The third-order valence-electron chi connectivity index (χ3n) is 6.04. The Bertz CT molecular complexity index is 2190. The van der Waals surface area contributed by atoms with E-state index in [0.29, 0.717) is 5.69 Å². The molecule has 0 aliphatic carbocycles. The van der Waals surface area contributed by atoms with E-state index in [1.807, 2.05) is 66.7 Å². The Labute approximate surface area is 210 Å². The van der Waals surface area contributed by atoms with Crippen molar-refractivity contribution in [2.45, 2.75) is 0 Å². The van der Waals surface area contributed by atoms with E-state index in [4.69, 9.17) is 11.0 Å². The largest absolute Gasteiger partial charge is 0.309 e. The summed E-state index contributed by atoms with van der Waals surface area (Å²) in [5, 5.41) is 1.97. The van der Waals surface area contributed by atoms with Crippen molar-refractivity contribution in [1.82, 2.24) is 9.13 Å². The SMILES string of the molecule is [2H]c1c([2H])c([2H])c2c(c1[2H])c1c([2H])c([2H])c([2H])c([2H])c1n2-c1ccc2c(c1)c1ccccc1n2-c1ccccc1Br. The molecule has 0 N–H and O–H groups in total. The Morgan fingerprint density at radius 3 is 1.94 bits per heavy atom. The topological polar surface area (TPSA) is 9.86 Å². The van der Waals surface area contributed by atoms with Crippen molar-refractivity contribution in [3.05, 3.63) is 120 Å². The molecule has 2 heterocycles. The molecule has 156 valence electrons. The van der Waals surface area contributed by atoms with Gasteiger partial charge in [0, 0.05) is 31.7 Å². The first kappa shape index (κ1) is 12.4. The molecule has 2 nitrogen and oxygen atoms in total. The molecule has 7 rings (SSSR count). The molecule has 3 heteroatoms. The summed E-state index contributed by atoms with van der Waals surface area (Å²) < 4.78 is 72.8. The van der Waals surface area contributed by atoms with Gasteiger partial charge in [0.1, 0.15) is 0 Å². The zero-order valence-corrected chi connectivity index (χ0v) is 18.7. The van der Waals surface area contributed by atoms with Crippen LogP contribution in [0, 0.1) is 0 Å². The predicted molar refractivity (Wildman–Crippen MR) is 143 cm³/mol. The van der Waals surface area contributed by atoms with Crippen molar-refractivity contribution in [3.63, 3.8) is 0 Å². The molecule has 0 amide bonds. The van der Waals surface area contributed by atoms with Gasteiger partial charge in [-0.05, 0) is 64.4 Å². The summed E-state index contributed by atoms with van der Waals surface area (Å²) in [7, 11) is 0. The van der Waals surface area contributed by atoms with E-state index >= 15 is 0 Å².